The number of carbonyl (C=O) groups is 1. The molecule has 0 radical (unpaired) electrons. The number of para-hydroxylation sites is 1. The zero-order valence-electron chi connectivity index (χ0n) is 10.8. The summed E-state index contributed by atoms with van der Waals surface area (Å²) in [7, 11) is -2.97. The van der Waals surface area contributed by atoms with Crippen molar-refractivity contribution in [2.24, 2.45) is 0 Å². The van der Waals surface area contributed by atoms with Crippen molar-refractivity contribution in [2.45, 2.75) is 19.4 Å². The SMILES string of the molecule is Cc1ccccc1OCC(=O)NC1CCS(=O)(=O)C1. The van der Waals surface area contributed by atoms with Crippen LogP contribution in [0, 0.1) is 6.92 Å². The second-order valence-corrected chi connectivity index (χ2v) is 6.95. The molecule has 1 aromatic rings. The van der Waals surface area contributed by atoms with Crippen LogP contribution in [0.5, 0.6) is 5.75 Å². The van der Waals surface area contributed by atoms with E-state index in [0.717, 1.165) is 5.56 Å². The Hall–Kier alpha value is -1.56. The van der Waals surface area contributed by atoms with Gasteiger partial charge in [0.25, 0.3) is 5.91 Å². The highest BCUT2D eigenvalue weighted by Crippen LogP contribution is 2.16. The van der Waals surface area contributed by atoms with Gasteiger partial charge in [-0.3, -0.25) is 4.79 Å². The van der Waals surface area contributed by atoms with Crippen molar-refractivity contribution in [3.05, 3.63) is 29.8 Å². The van der Waals surface area contributed by atoms with Crippen molar-refractivity contribution < 1.29 is 17.9 Å². The summed E-state index contributed by atoms with van der Waals surface area (Å²) in [5.41, 5.74) is 0.957. The molecular formula is C13H17NO4S. The van der Waals surface area contributed by atoms with E-state index in [1.807, 2.05) is 25.1 Å². The minimum atomic E-state index is -2.97. The summed E-state index contributed by atoms with van der Waals surface area (Å²) >= 11 is 0. The molecule has 0 spiro atoms. The molecule has 6 heteroatoms. The summed E-state index contributed by atoms with van der Waals surface area (Å²) in [6.45, 7) is 1.80. The third-order valence-electron chi connectivity index (χ3n) is 3.05. The normalized spacial score (nSPS) is 21.0. The van der Waals surface area contributed by atoms with E-state index < -0.39 is 9.84 Å². The first-order valence-corrected chi connectivity index (χ1v) is 7.97. The summed E-state index contributed by atoms with van der Waals surface area (Å²) in [5, 5.41) is 2.68. The first-order chi connectivity index (χ1) is 8.96. The maximum atomic E-state index is 11.7. The van der Waals surface area contributed by atoms with Crippen LogP contribution in [0.25, 0.3) is 0 Å². The Kier molecular flexibility index (Phi) is 4.09. The molecule has 1 aliphatic heterocycles. The summed E-state index contributed by atoms with van der Waals surface area (Å²) in [4.78, 5) is 11.7. The fraction of sp³-hybridized carbons (Fsp3) is 0.462. The molecule has 1 aromatic carbocycles. The third kappa shape index (κ3) is 3.96. The zero-order chi connectivity index (χ0) is 13.9. The fourth-order valence-corrected chi connectivity index (χ4v) is 3.71. The van der Waals surface area contributed by atoms with Gasteiger partial charge in [-0.2, -0.15) is 0 Å². The third-order valence-corrected chi connectivity index (χ3v) is 4.82. The molecular weight excluding hydrogens is 266 g/mol. The van der Waals surface area contributed by atoms with Crippen molar-refractivity contribution in [1.29, 1.82) is 0 Å². The molecule has 0 bridgehead atoms. The van der Waals surface area contributed by atoms with E-state index in [-0.39, 0.29) is 30.1 Å². The molecule has 0 aromatic heterocycles. The molecule has 1 amide bonds. The van der Waals surface area contributed by atoms with Gasteiger partial charge in [0.05, 0.1) is 11.5 Å². The standard InChI is InChI=1S/C13H17NO4S/c1-10-4-2-3-5-12(10)18-8-13(15)14-11-6-7-19(16,17)9-11/h2-5,11H,6-9H2,1H3,(H,14,15). The average molecular weight is 283 g/mol. The van der Waals surface area contributed by atoms with Crippen molar-refractivity contribution in [3.63, 3.8) is 0 Å². The number of hydrogen-bond donors (Lipinski definition) is 1. The Labute approximate surface area is 112 Å². The molecule has 1 aliphatic rings. The highest BCUT2D eigenvalue weighted by Gasteiger charge is 2.28. The lowest BCUT2D eigenvalue weighted by molar-refractivity contribution is -0.123. The van der Waals surface area contributed by atoms with Gasteiger partial charge >= 0.3 is 0 Å². The maximum absolute atomic E-state index is 11.7. The van der Waals surface area contributed by atoms with E-state index in [1.54, 1.807) is 6.07 Å². The molecule has 1 saturated heterocycles. The van der Waals surface area contributed by atoms with Gasteiger partial charge in [0.15, 0.2) is 16.4 Å². The monoisotopic (exact) mass is 283 g/mol. The summed E-state index contributed by atoms with van der Waals surface area (Å²) < 4.78 is 27.9. The lowest BCUT2D eigenvalue weighted by Gasteiger charge is -2.12. The van der Waals surface area contributed by atoms with Crippen molar-refractivity contribution >= 4 is 15.7 Å². The Balaban J connectivity index is 1.81. The predicted octanol–water partition coefficient (Wildman–Crippen LogP) is 0.677. The Morgan fingerprint density at radius 1 is 1.42 bits per heavy atom. The minimum Gasteiger partial charge on any atom is -0.484 e. The molecule has 1 fully saturated rings. The lowest BCUT2D eigenvalue weighted by atomic mass is 10.2. The Morgan fingerprint density at radius 2 is 2.16 bits per heavy atom. The van der Waals surface area contributed by atoms with Gasteiger partial charge in [-0.05, 0) is 25.0 Å². The van der Waals surface area contributed by atoms with Crippen LogP contribution < -0.4 is 10.1 Å². The van der Waals surface area contributed by atoms with Crippen LogP contribution in [0.1, 0.15) is 12.0 Å². The van der Waals surface area contributed by atoms with Gasteiger partial charge < -0.3 is 10.1 Å². The smallest absolute Gasteiger partial charge is 0.258 e. The molecule has 1 atom stereocenters. The number of nitrogens with one attached hydrogen (secondary N) is 1. The number of hydrogen-bond acceptors (Lipinski definition) is 4. The molecule has 5 nitrogen and oxygen atoms in total. The second-order valence-electron chi connectivity index (χ2n) is 4.72. The molecule has 2 rings (SSSR count). The summed E-state index contributed by atoms with van der Waals surface area (Å²) in [5.74, 6) is 0.557. The van der Waals surface area contributed by atoms with Gasteiger partial charge in [0.2, 0.25) is 0 Å². The van der Waals surface area contributed by atoms with Crippen molar-refractivity contribution in [1.82, 2.24) is 5.32 Å². The molecule has 104 valence electrons. The number of rotatable bonds is 4. The minimum absolute atomic E-state index is 0.0309. The van der Waals surface area contributed by atoms with Crippen LogP contribution in [-0.4, -0.2) is 38.5 Å². The molecule has 1 N–H and O–H groups in total. The van der Waals surface area contributed by atoms with Gasteiger partial charge in [0.1, 0.15) is 5.75 Å². The number of aryl methyl sites for hydroxylation is 1. The number of carbonyl (C=O) groups excluding carboxylic acids is 1. The van der Waals surface area contributed by atoms with Crippen molar-refractivity contribution in [3.8, 4) is 5.75 Å². The highest BCUT2D eigenvalue weighted by atomic mass is 32.2. The van der Waals surface area contributed by atoms with Gasteiger partial charge in [-0.25, -0.2) is 8.42 Å². The molecule has 1 unspecified atom stereocenters. The average Bonchev–Trinajstić information content (AvgIpc) is 2.67. The van der Waals surface area contributed by atoms with E-state index in [2.05, 4.69) is 5.32 Å². The van der Waals surface area contributed by atoms with Crippen LogP contribution >= 0.6 is 0 Å². The zero-order valence-corrected chi connectivity index (χ0v) is 11.6. The van der Waals surface area contributed by atoms with E-state index in [4.69, 9.17) is 4.74 Å². The predicted molar refractivity (Wildman–Crippen MR) is 71.9 cm³/mol. The maximum Gasteiger partial charge on any atom is 0.258 e. The quantitative estimate of drug-likeness (QED) is 0.882. The van der Waals surface area contributed by atoms with Crippen LogP contribution in [0.2, 0.25) is 0 Å². The fourth-order valence-electron chi connectivity index (χ4n) is 2.04. The van der Waals surface area contributed by atoms with Crippen LogP contribution in [0.4, 0.5) is 0 Å². The number of amides is 1. The number of benzene rings is 1. The molecule has 1 heterocycles. The summed E-state index contributed by atoms with van der Waals surface area (Å²) in [6.07, 6.45) is 0.485. The first-order valence-electron chi connectivity index (χ1n) is 6.14. The van der Waals surface area contributed by atoms with Crippen molar-refractivity contribution in [2.75, 3.05) is 18.1 Å². The topological polar surface area (TPSA) is 72.5 Å². The van der Waals surface area contributed by atoms with E-state index in [9.17, 15) is 13.2 Å². The van der Waals surface area contributed by atoms with Crippen LogP contribution in [0.3, 0.4) is 0 Å². The molecule has 0 aliphatic carbocycles. The highest BCUT2D eigenvalue weighted by molar-refractivity contribution is 7.91. The molecule has 0 saturated carbocycles. The lowest BCUT2D eigenvalue weighted by Crippen LogP contribution is -2.38. The van der Waals surface area contributed by atoms with Gasteiger partial charge in [0, 0.05) is 6.04 Å². The number of ether oxygens (including phenoxy) is 1. The van der Waals surface area contributed by atoms with E-state index in [1.165, 1.54) is 0 Å². The van der Waals surface area contributed by atoms with Crippen LogP contribution in [-0.2, 0) is 14.6 Å². The Morgan fingerprint density at radius 3 is 2.79 bits per heavy atom. The van der Waals surface area contributed by atoms with Crippen LogP contribution in [0.15, 0.2) is 24.3 Å². The first kappa shape index (κ1) is 13.9. The second kappa shape index (κ2) is 5.61. The van der Waals surface area contributed by atoms with Gasteiger partial charge in [-0.1, -0.05) is 18.2 Å². The number of sulfone groups is 1. The molecule has 19 heavy (non-hydrogen) atoms. The van der Waals surface area contributed by atoms with E-state index >= 15 is 0 Å². The van der Waals surface area contributed by atoms with Gasteiger partial charge in [-0.15, -0.1) is 0 Å². The largest absolute Gasteiger partial charge is 0.484 e. The summed E-state index contributed by atoms with van der Waals surface area (Å²) in [6, 6.07) is 7.15. The Bertz CT molecular complexity index is 568. The van der Waals surface area contributed by atoms with E-state index in [0.29, 0.717) is 12.2 Å².